The van der Waals surface area contributed by atoms with Crippen LogP contribution in [0.5, 0.6) is 0 Å². The smallest absolute Gasteiger partial charge is 0.0948 e. The van der Waals surface area contributed by atoms with Gasteiger partial charge in [-0.1, -0.05) is 0 Å². The molecule has 0 aromatic carbocycles. The highest BCUT2D eigenvalue weighted by molar-refractivity contribution is 4.98. The third-order valence-electron chi connectivity index (χ3n) is 2.84. The van der Waals surface area contributed by atoms with Gasteiger partial charge in [-0.2, -0.15) is 0 Å². The molecule has 0 radical (unpaired) electrons. The predicted octanol–water partition coefficient (Wildman–Crippen LogP) is 1.50. The van der Waals surface area contributed by atoms with Gasteiger partial charge >= 0.3 is 0 Å². The maximum absolute atomic E-state index is 8.88. The van der Waals surface area contributed by atoms with Crippen LogP contribution in [-0.2, 0) is 13.1 Å². The Hall–Kier alpha value is -0.870. The van der Waals surface area contributed by atoms with Gasteiger partial charge in [0.25, 0.3) is 0 Å². The molecule has 0 unspecified atom stereocenters. The van der Waals surface area contributed by atoms with Crippen LogP contribution in [0.2, 0.25) is 0 Å². The molecule has 1 aromatic rings. The van der Waals surface area contributed by atoms with E-state index in [1.807, 2.05) is 12.5 Å². The second kappa shape index (κ2) is 6.66. The molecular weight excluding hydrogens is 202 g/mol. The fourth-order valence-electron chi connectivity index (χ4n) is 1.77. The van der Waals surface area contributed by atoms with E-state index in [1.54, 1.807) is 0 Å². The van der Waals surface area contributed by atoms with Crippen LogP contribution in [0.15, 0.2) is 12.5 Å². The number of imidazole rings is 1. The zero-order valence-electron chi connectivity index (χ0n) is 10.6. The molecule has 0 saturated heterocycles. The highest BCUT2D eigenvalue weighted by Gasteiger charge is 2.11. The first-order valence-corrected chi connectivity index (χ1v) is 6.03. The van der Waals surface area contributed by atoms with E-state index in [0.717, 1.165) is 26.1 Å². The number of nitrogens with zero attached hydrogens (tertiary/aromatic N) is 3. The van der Waals surface area contributed by atoms with Crippen molar-refractivity contribution in [3.05, 3.63) is 18.2 Å². The van der Waals surface area contributed by atoms with E-state index in [0.29, 0.717) is 6.04 Å². The number of aliphatic hydroxyl groups is 1. The van der Waals surface area contributed by atoms with Crippen LogP contribution in [0.1, 0.15) is 32.9 Å². The molecule has 16 heavy (non-hydrogen) atoms. The Morgan fingerprint density at radius 1 is 1.50 bits per heavy atom. The van der Waals surface area contributed by atoms with Gasteiger partial charge in [0, 0.05) is 38.5 Å². The molecule has 4 heteroatoms. The Morgan fingerprint density at radius 3 is 2.81 bits per heavy atom. The first-order valence-electron chi connectivity index (χ1n) is 6.03. The van der Waals surface area contributed by atoms with Gasteiger partial charge in [-0.05, 0) is 27.2 Å². The topological polar surface area (TPSA) is 41.3 Å². The fraction of sp³-hybridized carbons (Fsp3) is 0.750. The van der Waals surface area contributed by atoms with E-state index in [-0.39, 0.29) is 6.61 Å². The van der Waals surface area contributed by atoms with Gasteiger partial charge in [0.1, 0.15) is 0 Å². The molecule has 0 aliphatic rings. The van der Waals surface area contributed by atoms with Crippen molar-refractivity contribution in [2.45, 2.75) is 46.3 Å². The van der Waals surface area contributed by atoms with Crippen molar-refractivity contribution in [2.24, 2.45) is 0 Å². The van der Waals surface area contributed by atoms with E-state index in [1.165, 1.54) is 5.69 Å². The number of hydrogen-bond donors (Lipinski definition) is 1. The van der Waals surface area contributed by atoms with Gasteiger partial charge < -0.3 is 9.67 Å². The summed E-state index contributed by atoms with van der Waals surface area (Å²) in [4.78, 5) is 6.53. The zero-order valence-corrected chi connectivity index (χ0v) is 10.6. The molecule has 0 saturated carbocycles. The van der Waals surface area contributed by atoms with Crippen molar-refractivity contribution in [3.8, 4) is 0 Å². The lowest BCUT2D eigenvalue weighted by Crippen LogP contribution is -2.32. The predicted molar refractivity (Wildman–Crippen MR) is 65.1 cm³/mol. The number of rotatable bonds is 7. The van der Waals surface area contributed by atoms with E-state index >= 15 is 0 Å². The molecule has 0 bridgehead atoms. The molecule has 1 N–H and O–H groups in total. The van der Waals surface area contributed by atoms with E-state index < -0.39 is 0 Å². The summed E-state index contributed by atoms with van der Waals surface area (Å²) in [6, 6.07) is 0.492. The second-order valence-electron chi connectivity index (χ2n) is 4.31. The molecule has 0 amide bonds. The van der Waals surface area contributed by atoms with Crippen LogP contribution >= 0.6 is 0 Å². The molecular formula is C12H23N3O. The van der Waals surface area contributed by atoms with Crippen LogP contribution in [-0.4, -0.2) is 38.8 Å². The molecule has 1 aromatic heterocycles. The summed E-state index contributed by atoms with van der Waals surface area (Å²) >= 11 is 0. The SMILES string of the molecule is CCn1cncc1CN(CCCO)C(C)C. The van der Waals surface area contributed by atoms with E-state index in [9.17, 15) is 0 Å². The largest absolute Gasteiger partial charge is 0.396 e. The average molecular weight is 225 g/mol. The lowest BCUT2D eigenvalue weighted by Gasteiger charge is -2.26. The Morgan fingerprint density at radius 2 is 2.25 bits per heavy atom. The molecule has 0 atom stereocenters. The normalized spacial score (nSPS) is 11.6. The van der Waals surface area contributed by atoms with Gasteiger partial charge in [0.05, 0.1) is 12.0 Å². The van der Waals surface area contributed by atoms with Crippen LogP contribution in [0, 0.1) is 0 Å². The Kier molecular flexibility index (Phi) is 5.49. The Balaban J connectivity index is 2.60. The summed E-state index contributed by atoms with van der Waals surface area (Å²) in [5.74, 6) is 0. The molecule has 0 aliphatic heterocycles. The van der Waals surface area contributed by atoms with Crippen molar-refractivity contribution >= 4 is 0 Å². The minimum absolute atomic E-state index is 0.260. The number of aromatic nitrogens is 2. The summed E-state index contributed by atoms with van der Waals surface area (Å²) in [6.07, 6.45) is 4.64. The van der Waals surface area contributed by atoms with Crippen molar-refractivity contribution in [1.82, 2.24) is 14.5 Å². The van der Waals surface area contributed by atoms with Crippen molar-refractivity contribution < 1.29 is 5.11 Å². The summed E-state index contributed by atoms with van der Waals surface area (Å²) in [6.45, 7) is 9.55. The van der Waals surface area contributed by atoms with Gasteiger partial charge in [-0.3, -0.25) is 4.90 Å². The number of aryl methyl sites for hydroxylation is 1. The molecule has 1 rings (SSSR count). The van der Waals surface area contributed by atoms with Gasteiger partial charge in [0.2, 0.25) is 0 Å². The molecule has 0 fully saturated rings. The third kappa shape index (κ3) is 3.61. The second-order valence-corrected chi connectivity index (χ2v) is 4.31. The Bertz CT molecular complexity index is 296. The van der Waals surface area contributed by atoms with E-state index in [2.05, 4.69) is 35.2 Å². The van der Waals surface area contributed by atoms with Gasteiger partial charge in [0.15, 0.2) is 0 Å². The maximum atomic E-state index is 8.88. The zero-order chi connectivity index (χ0) is 12.0. The van der Waals surface area contributed by atoms with Crippen LogP contribution in [0.4, 0.5) is 0 Å². The lowest BCUT2D eigenvalue weighted by atomic mass is 10.2. The molecule has 0 aliphatic carbocycles. The number of hydrogen-bond acceptors (Lipinski definition) is 3. The quantitative estimate of drug-likeness (QED) is 0.764. The fourth-order valence-corrected chi connectivity index (χ4v) is 1.77. The standard InChI is InChI=1S/C12H23N3O/c1-4-14-10-13-8-12(14)9-15(11(2)3)6-5-7-16/h8,10-11,16H,4-7,9H2,1-3H3. The highest BCUT2D eigenvalue weighted by Crippen LogP contribution is 2.08. The maximum Gasteiger partial charge on any atom is 0.0948 e. The first kappa shape index (κ1) is 13.2. The first-order chi connectivity index (χ1) is 7.69. The minimum Gasteiger partial charge on any atom is -0.396 e. The van der Waals surface area contributed by atoms with Crippen molar-refractivity contribution in [1.29, 1.82) is 0 Å². The lowest BCUT2D eigenvalue weighted by molar-refractivity contribution is 0.181. The molecule has 0 spiro atoms. The van der Waals surface area contributed by atoms with Crippen LogP contribution < -0.4 is 0 Å². The molecule has 4 nitrogen and oxygen atoms in total. The Labute approximate surface area is 97.9 Å². The van der Waals surface area contributed by atoms with Crippen molar-refractivity contribution in [3.63, 3.8) is 0 Å². The van der Waals surface area contributed by atoms with Crippen LogP contribution in [0.25, 0.3) is 0 Å². The monoisotopic (exact) mass is 225 g/mol. The molecule has 92 valence electrons. The van der Waals surface area contributed by atoms with Crippen molar-refractivity contribution in [2.75, 3.05) is 13.2 Å². The summed E-state index contributed by atoms with van der Waals surface area (Å²) in [5, 5.41) is 8.88. The molecule has 1 heterocycles. The average Bonchev–Trinajstić information content (AvgIpc) is 2.70. The number of aliphatic hydroxyl groups excluding tert-OH is 1. The summed E-state index contributed by atoms with van der Waals surface area (Å²) in [7, 11) is 0. The third-order valence-corrected chi connectivity index (χ3v) is 2.84. The van der Waals surface area contributed by atoms with Gasteiger partial charge in [-0.25, -0.2) is 4.98 Å². The minimum atomic E-state index is 0.260. The summed E-state index contributed by atoms with van der Waals surface area (Å²) < 4.78 is 2.16. The van der Waals surface area contributed by atoms with E-state index in [4.69, 9.17) is 5.11 Å². The highest BCUT2D eigenvalue weighted by atomic mass is 16.3. The van der Waals surface area contributed by atoms with Crippen LogP contribution in [0.3, 0.4) is 0 Å². The summed E-state index contributed by atoms with van der Waals surface area (Å²) in [5.41, 5.74) is 1.24. The van der Waals surface area contributed by atoms with Gasteiger partial charge in [-0.15, -0.1) is 0 Å².